The molecule has 186 valence electrons. The zero-order valence-electron chi connectivity index (χ0n) is 22.4. The topological polar surface area (TPSA) is 56.5 Å². The van der Waals surface area contributed by atoms with Gasteiger partial charge in [-0.25, -0.2) is 9.97 Å². The molecule has 0 bridgehead atoms. The lowest BCUT2D eigenvalue weighted by atomic mass is 9.87. The molecule has 2 heterocycles. The summed E-state index contributed by atoms with van der Waals surface area (Å²) < 4.78 is 2.11. The van der Waals surface area contributed by atoms with E-state index in [2.05, 4.69) is 128 Å². The van der Waals surface area contributed by atoms with E-state index in [1.807, 2.05) is 24.5 Å². The molecule has 0 aliphatic carbocycles. The van der Waals surface area contributed by atoms with Crippen molar-refractivity contribution in [3.8, 4) is 39.6 Å². The van der Waals surface area contributed by atoms with Crippen molar-refractivity contribution in [2.24, 2.45) is 0 Å². The van der Waals surface area contributed by atoms with E-state index in [1.54, 1.807) is 0 Å². The van der Waals surface area contributed by atoms with Crippen molar-refractivity contribution < 1.29 is 0 Å². The maximum absolute atomic E-state index is 4.73. The number of hydrogen-bond acceptors (Lipinski definition) is 4. The number of hydrogen-bond donors (Lipinski definition) is 0. The highest BCUT2D eigenvalue weighted by Gasteiger charge is 2.22. The van der Waals surface area contributed by atoms with Gasteiger partial charge in [-0.3, -0.25) is 4.57 Å². The normalized spacial score (nSPS) is 12.1. The predicted octanol–water partition coefficient (Wildman–Crippen LogP) is 7.65. The molecule has 0 radical (unpaired) electrons. The van der Waals surface area contributed by atoms with E-state index >= 15 is 0 Å². The maximum Gasteiger partial charge on any atom is 0.171 e. The summed E-state index contributed by atoms with van der Waals surface area (Å²) in [5.74, 6) is 2.28. The van der Waals surface area contributed by atoms with Crippen LogP contribution in [0.5, 0.6) is 0 Å². The fourth-order valence-electron chi connectivity index (χ4n) is 4.38. The van der Waals surface area contributed by atoms with E-state index in [0.29, 0.717) is 5.82 Å². The first-order valence-electron chi connectivity index (χ1n) is 12.7. The SMILES string of the molecule is CC(C)(C)c1ccc(-n2c(-c3cnc(C(C)(C)C)nc3)nnc2-c2ccccc2-c2ccccc2)cc1. The first kappa shape index (κ1) is 24.6. The molecular weight excluding hydrogens is 454 g/mol. The van der Waals surface area contributed by atoms with Crippen LogP contribution in [0.1, 0.15) is 52.9 Å². The molecule has 0 saturated carbocycles. The minimum atomic E-state index is -0.130. The van der Waals surface area contributed by atoms with Gasteiger partial charge >= 0.3 is 0 Å². The third kappa shape index (κ3) is 4.94. The molecule has 5 heteroatoms. The standard InChI is InChI=1S/C32H33N5/c1-31(2,3)24-16-18-25(19-17-24)37-28(23-20-33-30(34-21-23)32(4,5)6)35-36-29(37)27-15-11-10-14-26(27)22-12-8-7-9-13-22/h7-21H,1-6H3. The molecule has 5 nitrogen and oxygen atoms in total. The molecule has 0 amide bonds. The average molecular weight is 488 g/mol. The lowest BCUT2D eigenvalue weighted by molar-refractivity contribution is 0.545. The highest BCUT2D eigenvalue weighted by atomic mass is 15.3. The van der Waals surface area contributed by atoms with Crippen molar-refractivity contribution in [1.29, 1.82) is 0 Å². The minimum Gasteiger partial charge on any atom is -0.275 e. The Morgan fingerprint density at radius 2 is 1.11 bits per heavy atom. The predicted molar refractivity (Wildman–Crippen MR) is 151 cm³/mol. The van der Waals surface area contributed by atoms with Crippen molar-refractivity contribution in [3.63, 3.8) is 0 Å². The largest absolute Gasteiger partial charge is 0.275 e. The van der Waals surface area contributed by atoms with Crippen LogP contribution in [-0.4, -0.2) is 24.7 Å². The summed E-state index contributed by atoms with van der Waals surface area (Å²) in [5.41, 5.74) is 6.27. The molecule has 3 aromatic carbocycles. The molecule has 5 rings (SSSR count). The smallest absolute Gasteiger partial charge is 0.171 e. The first-order chi connectivity index (χ1) is 17.6. The molecule has 0 spiro atoms. The summed E-state index contributed by atoms with van der Waals surface area (Å²) in [6, 6.07) is 27.4. The number of rotatable bonds is 4. The third-order valence-corrected chi connectivity index (χ3v) is 6.49. The Bertz CT molecular complexity index is 1500. The van der Waals surface area contributed by atoms with E-state index in [1.165, 1.54) is 5.56 Å². The zero-order chi connectivity index (χ0) is 26.2. The molecule has 0 aliphatic rings. The van der Waals surface area contributed by atoms with Crippen molar-refractivity contribution in [1.82, 2.24) is 24.7 Å². The van der Waals surface area contributed by atoms with Gasteiger partial charge in [-0.2, -0.15) is 0 Å². The van der Waals surface area contributed by atoms with E-state index in [0.717, 1.165) is 39.6 Å². The Balaban J connectivity index is 1.71. The van der Waals surface area contributed by atoms with Crippen LogP contribution in [0.15, 0.2) is 91.3 Å². The number of benzene rings is 3. The zero-order valence-corrected chi connectivity index (χ0v) is 22.4. The fraction of sp³-hybridized carbons (Fsp3) is 0.250. The minimum absolute atomic E-state index is 0.0634. The second kappa shape index (κ2) is 9.40. The van der Waals surface area contributed by atoms with E-state index < -0.39 is 0 Å². The van der Waals surface area contributed by atoms with Crippen LogP contribution >= 0.6 is 0 Å². The molecule has 0 unspecified atom stereocenters. The highest BCUT2D eigenvalue weighted by Crippen LogP contribution is 2.35. The van der Waals surface area contributed by atoms with Gasteiger partial charge in [0.2, 0.25) is 0 Å². The Morgan fingerprint density at radius 3 is 1.70 bits per heavy atom. The van der Waals surface area contributed by atoms with Gasteiger partial charge in [0.15, 0.2) is 11.6 Å². The van der Waals surface area contributed by atoms with Gasteiger partial charge in [0.1, 0.15) is 5.82 Å². The molecule has 0 saturated heterocycles. The Kier molecular flexibility index (Phi) is 6.24. The van der Waals surface area contributed by atoms with E-state index in [4.69, 9.17) is 5.10 Å². The summed E-state index contributed by atoms with van der Waals surface area (Å²) >= 11 is 0. The van der Waals surface area contributed by atoms with Crippen molar-refractivity contribution in [2.45, 2.75) is 52.4 Å². The molecule has 2 aromatic heterocycles. The van der Waals surface area contributed by atoms with E-state index in [-0.39, 0.29) is 10.8 Å². The van der Waals surface area contributed by atoms with Gasteiger partial charge < -0.3 is 0 Å². The maximum atomic E-state index is 4.73. The van der Waals surface area contributed by atoms with Gasteiger partial charge in [-0.05, 0) is 34.2 Å². The number of nitrogens with zero attached hydrogens (tertiary/aromatic N) is 5. The average Bonchev–Trinajstić information content (AvgIpc) is 3.33. The van der Waals surface area contributed by atoms with Gasteiger partial charge in [0.05, 0.1) is 5.56 Å². The lowest BCUT2D eigenvalue weighted by Crippen LogP contribution is -2.15. The second-order valence-corrected chi connectivity index (χ2v) is 11.4. The second-order valence-electron chi connectivity index (χ2n) is 11.4. The van der Waals surface area contributed by atoms with Crippen LogP contribution in [0.3, 0.4) is 0 Å². The van der Waals surface area contributed by atoms with Crippen molar-refractivity contribution >= 4 is 0 Å². The molecule has 0 N–H and O–H groups in total. The van der Waals surface area contributed by atoms with Gasteiger partial charge in [-0.15, -0.1) is 10.2 Å². The summed E-state index contributed by atoms with van der Waals surface area (Å²) in [5, 5.41) is 9.40. The van der Waals surface area contributed by atoms with Crippen LogP contribution in [0.4, 0.5) is 0 Å². The first-order valence-corrected chi connectivity index (χ1v) is 12.7. The molecule has 0 aliphatic heterocycles. The summed E-state index contributed by atoms with van der Waals surface area (Å²) in [7, 11) is 0. The molecule has 37 heavy (non-hydrogen) atoms. The summed E-state index contributed by atoms with van der Waals surface area (Å²) in [4.78, 5) is 9.32. The number of aromatic nitrogens is 5. The van der Waals surface area contributed by atoms with Crippen LogP contribution in [0, 0.1) is 0 Å². The molecule has 5 aromatic rings. The highest BCUT2D eigenvalue weighted by molar-refractivity contribution is 5.82. The Labute approximate surface area is 219 Å². The van der Waals surface area contributed by atoms with E-state index in [9.17, 15) is 0 Å². The summed E-state index contributed by atoms with van der Waals surface area (Å²) in [6.45, 7) is 13.0. The van der Waals surface area contributed by atoms with Crippen LogP contribution in [0.25, 0.3) is 39.6 Å². The monoisotopic (exact) mass is 487 g/mol. The Morgan fingerprint density at radius 1 is 0.541 bits per heavy atom. The van der Waals surface area contributed by atoms with Crippen LogP contribution < -0.4 is 0 Å². The van der Waals surface area contributed by atoms with Gasteiger partial charge in [0.25, 0.3) is 0 Å². The summed E-state index contributed by atoms with van der Waals surface area (Å²) in [6.07, 6.45) is 3.70. The van der Waals surface area contributed by atoms with Gasteiger partial charge in [0, 0.05) is 29.1 Å². The fourth-order valence-corrected chi connectivity index (χ4v) is 4.38. The van der Waals surface area contributed by atoms with Crippen LogP contribution in [0.2, 0.25) is 0 Å². The lowest BCUT2D eigenvalue weighted by Gasteiger charge is -2.20. The Hall–Kier alpha value is -4.12. The third-order valence-electron chi connectivity index (χ3n) is 6.49. The van der Waals surface area contributed by atoms with Crippen LogP contribution in [-0.2, 0) is 10.8 Å². The molecular formula is C32H33N5. The quantitative estimate of drug-likeness (QED) is 0.261. The molecule has 0 fully saturated rings. The van der Waals surface area contributed by atoms with Crippen molar-refractivity contribution in [2.75, 3.05) is 0 Å². The van der Waals surface area contributed by atoms with Crippen molar-refractivity contribution in [3.05, 3.63) is 103 Å². The molecule has 0 atom stereocenters. The van der Waals surface area contributed by atoms with Gasteiger partial charge in [-0.1, -0.05) is 108 Å².